The van der Waals surface area contributed by atoms with E-state index in [0.29, 0.717) is 16.5 Å². The van der Waals surface area contributed by atoms with Crippen molar-refractivity contribution in [1.29, 1.82) is 5.26 Å². The van der Waals surface area contributed by atoms with E-state index in [1.165, 1.54) is 33.6 Å². The second kappa shape index (κ2) is 8.30. The molecule has 7 heteroatoms. The van der Waals surface area contributed by atoms with Gasteiger partial charge in [-0.1, -0.05) is 6.92 Å². The molecule has 0 fully saturated rings. The Morgan fingerprint density at radius 3 is 3.08 bits per heavy atom. The molecule has 5 nitrogen and oxygen atoms in total. The first-order valence-corrected chi connectivity index (χ1v) is 10.0. The van der Waals surface area contributed by atoms with Crippen LogP contribution >= 0.6 is 22.7 Å². The molecule has 1 N–H and O–H groups in total. The first-order chi connectivity index (χ1) is 12.6. The van der Waals surface area contributed by atoms with E-state index >= 15 is 0 Å². The van der Waals surface area contributed by atoms with Gasteiger partial charge < -0.3 is 10.1 Å². The lowest BCUT2D eigenvalue weighted by Crippen LogP contribution is -2.20. The minimum absolute atomic E-state index is 0.378. The fourth-order valence-corrected chi connectivity index (χ4v) is 4.84. The van der Waals surface area contributed by atoms with Gasteiger partial charge in [0.05, 0.1) is 5.56 Å². The first-order valence-electron chi connectivity index (χ1n) is 8.28. The molecule has 26 heavy (non-hydrogen) atoms. The zero-order valence-electron chi connectivity index (χ0n) is 14.3. The van der Waals surface area contributed by atoms with Crippen LogP contribution in [0.15, 0.2) is 22.9 Å². The number of hydrogen-bond acceptors (Lipinski definition) is 6. The minimum atomic E-state index is -0.578. The predicted octanol–water partition coefficient (Wildman–Crippen LogP) is 4.00. The molecule has 0 bridgehead atoms. The molecule has 1 atom stereocenters. The molecule has 0 saturated carbocycles. The Hall–Kier alpha value is -2.43. The second-order valence-corrected chi connectivity index (χ2v) is 8.10. The van der Waals surface area contributed by atoms with Crippen LogP contribution in [0.3, 0.4) is 0 Å². The quantitative estimate of drug-likeness (QED) is 0.622. The van der Waals surface area contributed by atoms with Crippen molar-refractivity contribution >= 4 is 45.6 Å². The summed E-state index contributed by atoms with van der Waals surface area (Å²) in [4.78, 5) is 24.9. The van der Waals surface area contributed by atoms with Gasteiger partial charge in [0.1, 0.15) is 11.1 Å². The van der Waals surface area contributed by atoms with Crippen molar-refractivity contribution in [3.63, 3.8) is 0 Å². The number of anilines is 1. The van der Waals surface area contributed by atoms with E-state index in [1.54, 1.807) is 6.08 Å². The zero-order chi connectivity index (χ0) is 18.5. The number of rotatable bonds is 5. The van der Waals surface area contributed by atoms with E-state index in [4.69, 9.17) is 4.74 Å². The molecule has 2 heterocycles. The summed E-state index contributed by atoms with van der Waals surface area (Å²) in [5.74, 6) is -0.427. The van der Waals surface area contributed by atoms with Crippen LogP contribution < -0.4 is 5.32 Å². The van der Waals surface area contributed by atoms with E-state index < -0.39 is 11.9 Å². The third-order valence-electron chi connectivity index (χ3n) is 4.18. The lowest BCUT2D eigenvalue weighted by Gasteiger charge is -2.17. The SMILES string of the molecule is C[C@@H]1CCc2c(sc(NC(=O)COC(=O)/C=C/c3ccsc3)c2C#N)C1. The third kappa shape index (κ3) is 4.40. The molecule has 1 aliphatic rings. The lowest BCUT2D eigenvalue weighted by molar-refractivity contribution is -0.142. The molecule has 0 aromatic carbocycles. The molecule has 0 saturated heterocycles. The number of ether oxygens (including phenoxy) is 1. The van der Waals surface area contributed by atoms with Gasteiger partial charge in [-0.2, -0.15) is 16.6 Å². The molecule has 134 valence electrons. The molecule has 3 rings (SSSR count). The highest BCUT2D eigenvalue weighted by atomic mass is 32.1. The average Bonchev–Trinajstić information content (AvgIpc) is 3.24. The maximum atomic E-state index is 12.1. The summed E-state index contributed by atoms with van der Waals surface area (Å²) in [6.45, 7) is 1.81. The number of amides is 1. The highest BCUT2D eigenvalue weighted by Gasteiger charge is 2.24. The Bertz CT molecular complexity index is 875. The highest BCUT2D eigenvalue weighted by molar-refractivity contribution is 7.16. The van der Waals surface area contributed by atoms with Crippen molar-refractivity contribution in [1.82, 2.24) is 0 Å². The second-order valence-electron chi connectivity index (χ2n) is 6.21. The molecular weight excluding hydrogens is 368 g/mol. The van der Waals surface area contributed by atoms with Crippen molar-refractivity contribution in [2.45, 2.75) is 26.2 Å². The van der Waals surface area contributed by atoms with Crippen LogP contribution in [0.4, 0.5) is 5.00 Å². The number of nitrogens with one attached hydrogen (secondary N) is 1. The van der Waals surface area contributed by atoms with Crippen molar-refractivity contribution in [2.24, 2.45) is 5.92 Å². The Labute approximate surface area is 159 Å². The molecule has 1 aliphatic carbocycles. The van der Waals surface area contributed by atoms with E-state index in [9.17, 15) is 14.9 Å². The van der Waals surface area contributed by atoms with E-state index in [1.807, 2.05) is 16.8 Å². The number of nitrogens with zero attached hydrogens (tertiary/aromatic N) is 1. The van der Waals surface area contributed by atoms with Crippen LogP contribution in [0.1, 0.15) is 34.9 Å². The highest BCUT2D eigenvalue weighted by Crippen LogP contribution is 2.39. The van der Waals surface area contributed by atoms with Gasteiger partial charge in [0.25, 0.3) is 5.91 Å². The Morgan fingerprint density at radius 1 is 1.50 bits per heavy atom. The van der Waals surface area contributed by atoms with Crippen molar-refractivity contribution < 1.29 is 14.3 Å². The Morgan fingerprint density at radius 2 is 2.35 bits per heavy atom. The van der Waals surface area contributed by atoms with Gasteiger partial charge in [0, 0.05) is 11.0 Å². The zero-order valence-corrected chi connectivity index (χ0v) is 15.9. The summed E-state index contributed by atoms with van der Waals surface area (Å²) >= 11 is 2.99. The molecule has 0 spiro atoms. The topological polar surface area (TPSA) is 79.2 Å². The van der Waals surface area contributed by atoms with Gasteiger partial charge in [-0.25, -0.2) is 4.79 Å². The third-order valence-corrected chi connectivity index (χ3v) is 6.05. The number of fused-ring (bicyclic) bond motifs is 1. The smallest absolute Gasteiger partial charge is 0.331 e. The summed E-state index contributed by atoms with van der Waals surface area (Å²) in [6.07, 6.45) is 5.79. The summed E-state index contributed by atoms with van der Waals surface area (Å²) in [5, 5.41) is 16.5. The molecule has 0 radical (unpaired) electrons. The maximum Gasteiger partial charge on any atom is 0.331 e. The van der Waals surface area contributed by atoms with Crippen LogP contribution in [0.2, 0.25) is 0 Å². The fourth-order valence-electron chi connectivity index (χ4n) is 2.84. The molecule has 1 amide bonds. The number of hydrogen-bond donors (Lipinski definition) is 1. The van der Waals surface area contributed by atoms with Crippen LogP contribution in [0.25, 0.3) is 6.08 Å². The van der Waals surface area contributed by atoms with Gasteiger partial charge in [-0.15, -0.1) is 11.3 Å². The Balaban J connectivity index is 1.57. The molecule has 0 aliphatic heterocycles. The van der Waals surface area contributed by atoms with Crippen LogP contribution in [-0.2, 0) is 27.2 Å². The molecule has 2 aromatic rings. The van der Waals surface area contributed by atoms with Gasteiger partial charge in [0.15, 0.2) is 6.61 Å². The van der Waals surface area contributed by atoms with E-state index in [0.717, 1.165) is 30.4 Å². The molecule has 0 unspecified atom stereocenters. The predicted molar refractivity (Wildman–Crippen MR) is 103 cm³/mol. The van der Waals surface area contributed by atoms with Gasteiger partial charge in [-0.3, -0.25) is 4.79 Å². The normalized spacial score (nSPS) is 16.1. The number of carbonyl (C=O) groups is 2. The number of thiophene rings is 2. The monoisotopic (exact) mass is 386 g/mol. The maximum absolute atomic E-state index is 12.1. The number of nitriles is 1. The first kappa shape index (κ1) is 18.4. The molecule has 2 aromatic heterocycles. The van der Waals surface area contributed by atoms with Gasteiger partial charge in [-0.05, 0) is 59.2 Å². The Kier molecular flexibility index (Phi) is 5.86. The van der Waals surface area contributed by atoms with Crippen molar-refractivity contribution in [2.75, 3.05) is 11.9 Å². The van der Waals surface area contributed by atoms with E-state index in [-0.39, 0.29) is 6.61 Å². The summed E-state index contributed by atoms with van der Waals surface area (Å²) < 4.78 is 4.95. The number of carbonyl (C=O) groups excluding carboxylic acids is 2. The van der Waals surface area contributed by atoms with Crippen LogP contribution in [0, 0.1) is 17.2 Å². The van der Waals surface area contributed by atoms with Crippen molar-refractivity contribution in [3.8, 4) is 6.07 Å². The summed E-state index contributed by atoms with van der Waals surface area (Å²) in [6, 6.07) is 4.08. The van der Waals surface area contributed by atoms with Crippen LogP contribution in [0.5, 0.6) is 0 Å². The van der Waals surface area contributed by atoms with Crippen molar-refractivity contribution in [3.05, 3.63) is 44.5 Å². The minimum Gasteiger partial charge on any atom is -0.452 e. The lowest BCUT2D eigenvalue weighted by atomic mass is 9.89. The van der Waals surface area contributed by atoms with Gasteiger partial charge >= 0.3 is 5.97 Å². The largest absolute Gasteiger partial charge is 0.452 e. The van der Waals surface area contributed by atoms with Gasteiger partial charge in [0.2, 0.25) is 0 Å². The summed E-state index contributed by atoms with van der Waals surface area (Å²) in [5.41, 5.74) is 2.52. The molecular formula is C19H18N2O3S2. The standard InChI is InChI=1S/C19H18N2O3S2/c1-12-2-4-14-15(9-20)19(26-16(14)8-12)21-17(22)10-24-18(23)5-3-13-6-7-25-11-13/h3,5-7,11-12H,2,4,8,10H2,1H3,(H,21,22)/b5-3+/t12-/m1/s1. The number of esters is 1. The van der Waals surface area contributed by atoms with Crippen LogP contribution in [-0.4, -0.2) is 18.5 Å². The fraction of sp³-hybridized carbons (Fsp3) is 0.316. The van der Waals surface area contributed by atoms with E-state index in [2.05, 4.69) is 18.3 Å². The summed E-state index contributed by atoms with van der Waals surface area (Å²) in [7, 11) is 0. The average molecular weight is 386 g/mol.